The molecule has 0 fully saturated rings. The highest BCUT2D eigenvalue weighted by Gasteiger charge is 2.29. The Morgan fingerprint density at radius 2 is 1.52 bits per heavy atom. The van der Waals surface area contributed by atoms with Crippen molar-refractivity contribution in [1.82, 2.24) is 10.2 Å². The quantitative estimate of drug-likeness (QED) is 0.697. The fraction of sp³-hybridized carbons (Fsp3) is 0.417. The Kier molecular flexibility index (Phi) is 8.25. The second-order valence-electron chi connectivity index (χ2n) is 7.70. The van der Waals surface area contributed by atoms with Gasteiger partial charge in [-0.05, 0) is 51.8 Å². The van der Waals surface area contributed by atoms with E-state index in [0.29, 0.717) is 18.7 Å². The van der Waals surface area contributed by atoms with Crippen LogP contribution in [0, 0.1) is 13.8 Å². The zero-order valence-corrected chi connectivity index (χ0v) is 18.1. The van der Waals surface area contributed by atoms with Gasteiger partial charge in [0.05, 0.1) is 0 Å². The number of nitrogens with zero attached hydrogens (tertiary/aromatic N) is 1. The second-order valence-corrected chi connectivity index (χ2v) is 7.70. The highest BCUT2D eigenvalue weighted by molar-refractivity contribution is 5.88. The van der Waals surface area contributed by atoms with Gasteiger partial charge in [-0.15, -0.1) is 0 Å². The molecule has 0 aromatic heterocycles. The molecule has 2 aromatic carbocycles. The fourth-order valence-corrected chi connectivity index (χ4v) is 3.05. The number of carbonyl (C=O) groups excluding carboxylic acids is 2. The molecular weight excluding hydrogens is 364 g/mol. The predicted octanol–water partition coefficient (Wildman–Crippen LogP) is 4.01. The van der Waals surface area contributed by atoms with Crippen LogP contribution < -0.4 is 10.1 Å². The summed E-state index contributed by atoms with van der Waals surface area (Å²) >= 11 is 0. The molecule has 2 rings (SSSR count). The molecule has 5 nitrogen and oxygen atoms in total. The molecule has 0 unspecified atom stereocenters. The standard InChI is InChI=1S/C24H32N2O3/c1-6-22(24(28)25-17(2)3)26(15-20-11-7-18(4)8-12-20)23(27)16-29-21-13-9-19(5)10-14-21/h7-14,17,22H,6,15-16H2,1-5H3,(H,25,28)/t22-/m1/s1. The van der Waals surface area contributed by atoms with Crippen LogP contribution in [-0.2, 0) is 16.1 Å². The number of benzene rings is 2. The first-order chi connectivity index (χ1) is 13.8. The monoisotopic (exact) mass is 396 g/mol. The molecule has 0 spiro atoms. The Hall–Kier alpha value is -2.82. The van der Waals surface area contributed by atoms with Crippen molar-refractivity contribution in [3.05, 3.63) is 65.2 Å². The van der Waals surface area contributed by atoms with Crippen LogP contribution >= 0.6 is 0 Å². The Bertz CT molecular complexity index is 798. The first-order valence-corrected chi connectivity index (χ1v) is 10.1. The minimum atomic E-state index is -0.548. The fourth-order valence-electron chi connectivity index (χ4n) is 3.05. The first kappa shape index (κ1) is 22.5. The third-order valence-corrected chi connectivity index (χ3v) is 4.67. The van der Waals surface area contributed by atoms with E-state index in [1.54, 1.807) is 4.90 Å². The molecule has 5 heteroatoms. The minimum Gasteiger partial charge on any atom is -0.484 e. The summed E-state index contributed by atoms with van der Waals surface area (Å²) in [6, 6.07) is 15.0. The van der Waals surface area contributed by atoms with Gasteiger partial charge >= 0.3 is 0 Å². The van der Waals surface area contributed by atoms with E-state index in [4.69, 9.17) is 4.74 Å². The lowest BCUT2D eigenvalue weighted by molar-refractivity contribution is -0.143. The van der Waals surface area contributed by atoms with Gasteiger partial charge in [0.2, 0.25) is 5.91 Å². The van der Waals surface area contributed by atoms with Crippen molar-refractivity contribution in [3.8, 4) is 5.75 Å². The largest absolute Gasteiger partial charge is 0.484 e. The van der Waals surface area contributed by atoms with Crippen LogP contribution in [0.25, 0.3) is 0 Å². The summed E-state index contributed by atoms with van der Waals surface area (Å²) in [5.74, 6) is 0.286. The first-order valence-electron chi connectivity index (χ1n) is 10.1. The summed E-state index contributed by atoms with van der Waals surface area (Å²) in [7, 11) is 0. The number of carbonyl (C=O) groups is 2. The van der Waals surface area contributed by atoms with Gasteiger partial charge in [0.1, 0.15) is 11.8 Å². The zero-order valence-electron chi connectivity index (χ0n) is 18.1. The molecule has 0 aliphatic rings. The lowest BCUT2D eigenvalue weighted by Crippen LogP contribution is -2.51. The van der Waals surface area contributed by atoms with Crippen LogP contribution in [0.4, 0.5) is 0 Å². The molecular formula is C24H32N2O3. The third-order valence-electron chi connectivity index (χ3n) is 4.67. The third kappa shape index (κ3) is 6.93. The molecule has 0 radical (unpaired) electrons. The molecule has 1 N–H and O–H groups in total. The number of ether oxygens (including phenoxy) is 1. The Balaban J connectivity index is 2.18. The molecule has 2 aromatic rings. The maximum Gasteiger partial charge on any atom is 0.261 e. The van der Waals surface area contributed by atoms with Gasteiger partial charge in [0.15, 0.2) is 6.61 Å². The number of nitrogens with one attached hydrogen (secondary N) is 1. The normalized spacial score (nSPS) is 11.8. The van der Waals surface area contributed by atoms with Crippen molar-refractivity contribution in [1.29, 1.82) is 0 Å². The zero-order chi connectivity index (χ0) is 21.4. The van der Waals surface area contributed by atoms with Crippen LogP contribution in [0.15, 0.2) is 48.5 Å². The van der Waals surface area contributed by atoms with Crippen LogP contribution in [0.1, 0.15) is 43.9 Å². The predicted molar refractivity (Wildman–Crippen MR) is 116 cm³/mol. The molecule has 2 amide bonds. The van der Waals surface area contributed by atoms with Crippen LogP contribution in [0.5, 0.6) is 5.75 Å². The van der Waals surface area contributed by atoms with E-state index in [1.165, 1.54) is 0 Å². The number of hydrogen-bond donors (Lipinski definition) is 1. The summed E-state index contributed by atoms with van der Waals surface area (Å²) in [5, 5.41) is 2.93. The van der Waals surface area contributed by atoms with Gasteiger partial charge in [0.25, 0.3) is 5.91 Å². The van der Waals surface area contributed by atoms with E-state index in [-0.39, 0.29) is 24.5 Å². The molecule has 0 saturated heterocycles. The number of rotatable bonds is 9. The topological polar surface area (TPSA) is 58.6 Å². The average Bonchev–Trinajstić information content (AvgIpc) is 2.68. The lowest BCUT2D eigenvalue weighted by Gasteiger charge is -2.31. The second kappa shape index (κ2) is 10.6. The average molecular weight is 397 g/mol. The number of hydrogen-bond acceptors (Lipinski definition) is 3. The molecule has 0 saturated carbocycles. The minimum absolute atomic E-state index is 0.0108. The van der Waals surface area contributed by atoms with Crippen molar-refractivity contribution in [3.63, 3.8) is 0 Å². The molecule has 0 heterocycles. The summed E-state index contributed by atoms with van der Waals surface area (Å²) in [5.41, 5.74) is 3.26. The lowest BCUT2D eigenvalue weighted by atomic mass is 10.1. The van der Waals surface area contributed by atoms with Crippen molar-refractivity contribution in [2.24, 2.45) is 0 Å². The summed E-state index contributed by atoms with van der Waals surface area (Å²) in [6.07, 6.45) is 0.528. The number of amides is 2. The van der Waals surface area contributed by atoms with E-state index < -0.39 is 6.04 Å². The van der Waals surface area contributed by atoms with Crippen LogP contribution in [-0.4, -0.2) is 35.4 Å². The van der Waals surface area contributed by atoms with E-state index in [1.807, 2.05) is 83.1 Å². The SMILES string of the molecule is CC[C@H](C(=O)NC(C)C)N(Cc1ccc(C)cc1)C(=O)COc1ccc(C)cc1. The Labute approximate surface area is 174 Å². The molecule has 0 aliphatic carbocycles. The van der Waals surface area contributed by atoms with Crippen molar-refractivity contribution in [2.75, 3.05) is 6.61 Å². The highest BCUT2D eigenvalue weighted by atomic mass is 16.5. The molecule has 0 bridgehead atoms. The van der Waals surface area contributed by atoms with E-state index in [2.05, 4.69) is 5.32 Å². The van der Waals surface area contributed by atoms with Crippen molar-refractivity contribution < 1.29 is 14.3 Å². The molecule has 1 atom stereocenters. The van der Waals surface area contributed by atoms with Gasteiger partial charge in [-0.1, -0.05) is 54.4 Å². The van der Waals surface area contributed by atoms with Gasteiger partial charge in [-0.25, -0.2) is 0 Å². The maximum absolute atomic E-state index is 13.1. The van der Waals surface area contributed by atoms with Gasteiger partial charge in [-0.3, -0.25) is 9.59 Å². The van der Waals surface area contributed by atoms with Gasteiger partial charge < -0.3 is 15.0 Å². The van der Waals surface area contributed by atoms with Crippen LogP contribution in [0.3, 0.4) is 0 Å². The Morgan fingerprint density at radius 1 is 0.966 bits per heavy atom. The molecule has 156 valence electrons. The van der Waals surface area contributed by atoms with E-state index in [9.17, 15) is 9.59 Å². The van der Waals surface area contributed by atoms with E-state index >= 15 is 0 Å². The smallest absolute Gasteiger partial charge is 0.261 e. The number of aryl methyl sites for hydroxylation is 2. The Morgan fingerprint density at radius 3 is 2.03 bits per heavy atom. The van der Waals surface area contributed by atoms with Crippen LogP contribution in [0.2, 0.25) is 0 Å². The summed E-state index contributed by atoms with van der Waals surface area (Å²) in [4.78, 5) is 27.4. The molecule has 29 heavy (non-hydrogen) atoms. The summed E-state index contributed by atoms with van der Waals surface area (Å²) in [6.45, 7) is 10.0. The van der Waals surface area contributed by atoms with Gasteiger partial charge in [0, 0.05) is 12.6 Å². The van der Waals surface area contributed by atoms with Crippen molar-refractivity contribution >= 4 is 11.8 Å². The van der Waals surface area contributed by atoms with E-state index in [0.717, 1.165) is 16.7 Å². The summed E-state index contributed by atoms with van der Waals surface area (Å²) < 4.78 is 5.69. The maximum atomic E-state index is 13.1. The van der Waals surface area contributed by atoms with Crippen molar-refractivity contribution in [2.45, 2.75) is 59.7 Å². The highest BCUT2D eigenvalue weighted by Crippen LogP contribution is 2.16. The van der Waals surface area contributed by atoms with Gasteiger partial charge in [-0.2, -0.15) is 0 Å². The molecule has 0 aliphatic heterocycles.